The highest BCUT2D eigenvalue weighted by atomic mass is 35.5. The molecule has 4 amide bonds. The van der Waals surface area contributed by atoms with Crippen molar-refractivity contribution in [2.24, 2.45) is 0 Å². The zero-order valence-corrected chi connectivity index (χ0v) is 27.4. The number of hydrogen-bond donors (Lipinski definition) is 2. The minimum Gasteiger partial charge on any atom is -0.386 e. The third-order valence-electron chi connectivity index (χ3n) is 8.89. The fourth-order valence-corrected chi connectivity index (χ4v) is 6.37. The maximum absolute atomic E-state index is 14.4. The Morgan fingerprint density at radius 2 is 1.89 bits per heavy atom. The first-order valence-corrected chi connectivity index (χ1v) is 15.8. The summed E-state index contributed by atoms with van der Waals surface area (Å²) in [6.45, 7) is 6.50. The van der Waals surface area contributed by atoms with Crippen molar-refractivity contribution in [3.63, 3.8) is 0 Å². The highest BCUT2D eigenvalue weighted by Crippen LogP contribution is 2.35. The van der Waals surface area contributed by atoms with Crippen LogP contribution >= 0.6 is 11.6 Å². The minimum atomic E-state index is -0.963. The fourth-order valence-electron chi connectivity index (χ4n) is 6.14. The number of hydrogen-bond acceptors (Lipinski definition) is 6. The summed E-state index contributed by atoms with van der Waals surface area (Å²) in [6.07, 6.45) is 5.38. The SMILES string of the molecule is CC(C)N(C)c1cccc(Cl)c1CN1C[C@H]2N(C(=O)CN(C)N2C(=O)NCc2ccccc2)[C@@H](CC2=CCC(C)(O)C=C2)C1=O. The van der Waals surface area contributed by atoms with E-state index in [4.69, 9.17) is 11.6 Å². The molecule has 0 aromatic heterocycles. The van der Waals surface area contributed by atoms with E-state index < -0.39 is 17.8 Å². The lowest BCUT2D eigenvalue weighted by molar-refractivity contribution is -0.187. The van der Waals surface area contributed by atoms with Gasteiger partial charge in [0.1, 0.15) is 12.2 Å². The Kier molecular flexibility index (Phi) is 9.57. The predicted molar refractivity (Wildman–Crippen MR) is 175 cm³/mol. The van der Waals surface area contributed by atoms with E-state index in [0.717, 1.165) is 22.4 Å². The Morgan fingerprint density at radius 1 is 1.16 bits per heavy atom. The number of carbonyl (C=O) groups excluding carboxylic acids is 3. The molecule has 45 heavy (non-hydrogen) atoms. The molecule has 0 spiro atoms. The van der Waals surface area contributed by atoms with Crippen LogP contribution in [0.3, 0.4) is 0 Å². The van der Waals surface area contributed by atoms with E-state index in [-0.39, 0.29) is 49.9 Å². The van der Waals surface area contributed by atoms with E-state index >= 15 is 0 Å². The number of fused-ring (bicyclic) bond motifs is 1. The third-order valence-corrected chi connectivity index (χ3v) is 9.25. The Labute approximate surface area is 270 Å². The van der Waals surface area contributed by atoms with Crippen LogP contribution in [0.4, 0.5) is 10.5 Å². The molecule has 0 saturated carbocycles. The Bertz CT molecular complexity index is 1490. The number of allylic oxidation sites excluding steroid dienone is 1. The largest absolute Gasteiger partial charge is 0.386 e. The Morgan fingerprint density at radius 3 is 2.56 bits per heavy atom. The number of benzene rings is 2. The van der Waals surface area contributed by atoms with Crippen LogP contribution in [0.15, 0.2) is 72.3 Å². The van der Waals surface area contributed by atoms with Gasteiger partial charge in [0.05, 0.1) is 18.7 Å². The average molecular weight is 635 g/mol. The van der Waals surface area contributed by atoms with E-state index in [9.17, 15) is 19.5 Å². The number of nitrogens with zero attached hydrogens (tertiary/aromatic N) is 5. The highest BCUT2D eigenvalue weighted by Gasteiger charge is 2.51. The predicted octanol–water partition coefficient (Wildman–Crippen LogP) is 4.15. The Hall–Kier alpha value is -3.86. The van der Waals surface area contributed by atoms with Gasteiger partial charge in [0.2, 0.25) is 11.8 Å². The van der Waals surface area contributed by atoms with E-state index in [2.05, 4.69) is 24.1 Å². The van der Waals surface area contributed by atoms with Gasteiger partial charge in [0.15, 0.2) is 0 Å². The summed E-state index contributed by atoms with van der Waals surface area (Å²) in [5.41, 5.74) is 2.56. The monoisotopic (exact) mass is 634 g/mol. The van der Waals surface area contributed by atoms with E-state index in [1.54, 1.807) is 39.9 Å². The van der Waals surface area contributed by atoms with Gasteiger partial charge in [0.25, 0.3) is 0 Å². The maximum atomic E-state index is 14.4. The lowest BCUT2D eigenvalue weighted by atomic mass is 9.90. The molecule has 11 heteroatoms. The average Bonchev–Trinajstić information content (AvgIpc) is 2.99. The van der Waals surface area contributed by atoms with Gasteiger partial charge in [-0.15, -0.1) is 0 Å². The fraction of sp³-hybridized carbons (Fsp3) is 0.441. The smallest absolute Gasteiger partial charge is 0.334 e. The molecule has 5 rings (SSSR count). The lowest BCUT2D eigenvalue weighted by Crippen LogP contribution is -2.75. The number of likely N-dealkylation sites (N-methyl/N-ethyl adjacent to an activating group) is 1. The van der Waals surface area contributed by atoms with Crippen molar-refractivity contribution in [1.29, 1.82) is 0 Å². The van der Waals surface area contributed by atoms with Crippen LogP contribution in [0.5, 0.6) is 0 Å². The van der Waals surface area contributed by atoms with Gasteiger partial charge >= 0.3 is 6.03 Å². The van der Waals surface area contributed by atoms with Crippen molar-refractivity contribution in [3.05, 3.63) is 88.5 Å². The summed E-state index contributed by atoms with van der Waals surface area (Å²) < 4.78 is 0. The number of anilines is 1. The van der Waals surface area contributed by atoms with Gasteiger partial charge in [-0.3, -0.25) is 9.59 Å². The van der Waals surface area contributed by atoms with Gasteiger partial charge in [0, 0.05) is 55.9 Å². The molecule has 1 aliphatic carbocycles. The molecular formula is C34H43ClN6O4. The number of nitrogens with one attached hydrogen (secondary N) is 1. The zero-order valence-electron chi connectivity index (χ0n) is 26.6. The first-order valence-electron chi connectivity index (χ1n) is 15.4. The molecule has 3 atom stereocenters. The second-order valence-corrected chi connectivity index (χ2v) is 13.0. The number of rotatable bonds is 8. The molecule has 2 aliphatic heterocycles. The Balaban J connectivity index is 1.50. The van der Waals surface area contributed by atoms with Crippen LogP contribution in [-0.2, 0) is 22.7 Å². The number of urea groups is 1. The number of carbonyl (C=O) groups is 3. The van der Waals surface area contributed by atoms with Gasteiger partial charge in [-0.1, -0.05) is 66.2 Å². The van der Waals surface area contributed by atoms with Crippen LogP contribution in [0.25, 0.3) is 0 Å². The molecule has 0 radical (unpaired) electrons. The second kappa shape index (κ2) is 13.2. The number of piperazine rings is 1. The van der Waals surface area contributed by atoms with Gasteiger partial charge < -0.3 is 25.1 Å². The summed E-state index contributed by atoms with van der Waals surface area (Å²) in [6, 6.07) is 14.3. The molecule has 240 valence electrons. The second-order valence-electron chi connectivity index (χ2n) is 12.6. The number of hydrazine groups is 1. The van der Waals surface area contributed by atoms with Crippen LogP contribution in [0, 0.1) is 0 Å². The van der Waals surface area contributed by atoms with Crippen LogP contribution in [0.1, 0.15) is 44.7 Å². The molecule has 2 saturated heterocycles. The third kappa shape index (κ3) is 7.03. The number of amides is 4. The molecule has 2 fully saturated rings. The molecule has 2 heterocycles. The molecular weight excluding hydrogens is 592 g/mol. The molecule has 0 bridgehead atoms. The lowest BCUT2D eigenvalue weighted by Gasteiger charge is -2.54. The van der Waals surface area contributed by atoms with Crippen molar-refractivity contribution in [2.45, 2.75) is 70.6 Å². The standard InChI is InChI=1S/C34H43ClN6O4/c1-23(2)38(5)28-13-9-12-27(35)26(28)20-39-21-30-40(29(32(39)43)18-24-14-16-34(3,45)17-15-24)31(42)22-37(4)41(30)33(44)36-19-25-10-7-6-8-11-25/h6-16,23,29-30,45H,17-22H2,1-5H3,(H,36,44)/t29-,30-,34?/m0/s1. The topological polar surface area (TPSA) is 99.7 Å². The first-order chi connectivity index (χ1) is 21.4. The van der Waals surface area contributed by atoms with Crippen molar-refractivity contribution < 1.29 is 19.5 Å². The number of halogens is 1. The van der Waals surface area contributed by atoms with Crippen molar-refractivity contribution >= 4 is 35.1 Å². The minimum absolute atomic E-state index is 0.0452. The van der Waals surface area contributed by atoms with Gasteiger partial charge in [-0.05, 0) is 50.5 Å². The van der Waals surface area contributed by atoms with Crippen LogP contribution in [0.2, 0.25) is 5.02 Å². The van der Waals surface area contributed by atoms with Crippen LogP contribution < -0.4 is 10.2 Å². The van der Waals surface area contributed by atoms with Crippen LogP contribution in [-0.4, -0.2) is 93.8 Å². The quantitative estimate of drug-likeness (QED) is 0.453. The molecule has 2 aromatic rings. The molecule has 1 unspecified atom stereocenters. The van der Waals surface area contributed by atoms with Crippen molar-refractivity contribution in [2.75, 3.05) is 32.1 Å². The van der Waals surface area contributed by atoms with Crippen molar-refractivity contribution in [3.8, 4) is 0 Å². The number of aliphatic hydroxyl groups is 1. The summed E-state index contributed by atoms with van der Waals surface area (Å²) >= 11 is 6.77. The van der Waals surface area contributed by atoms with E-state index in [1.807, 2.05) is 67.7 Å². The summed E-state index contributed by atoms with van der Waals surface area (Å²) in [4.78, 5) is 47.2. The van der Waals surface area contributed by atoms with E-state index in [0.29, 0.717) is 18.0 Å². The highest BCUT2D eigenvalue weighted by molar-refractivity contribution is 6.31. The maximum Gasteiger partial charge on any atom is 0.334 e. The molecule has 3 aliphatic rings. The van der Waals surface area contributed by atoms with Gasteiger partial charge in [-0.25, -0.2) is 14.8 Å². The summed E-state index contributed by atoms with van der Waals surface area (Å²) in [7, 11) is 3.71. The normalized spacial score (nSPS) is 23.7. The van der Waals surface area contributed by atoms with E-state index in [1.165, 1.54) is 0 Å². The summed E-state index contributed by atoms with van der Waals surface area (Å²) in [5.74, 6) is -0.434. The molecule has 2 N–H and O–H groups in total. The molecule has 10 nitrogen and oxygen atoms in total. The van der Waals surface area contributed by atoms with Crippen molar-refractivity contribution in [1.82, 2.24) is 25.1 Å². The first kappa shape index (κ1) is 32.5. The summed E-state index contributed by atoms with van der Waals surface area (Å²) in [5, 5.41) is 17.2. The molecule has 2 aromatic carbocycles. The van der Waals surface area contributed by atoms with Gasteiger partial charge in [-0.2, -0.15) is 0 Å². The zero-order chi connectivity index (χ0) is 32.5.